The fraction of sp³-hybridized carbons (Fsp3) is 0.200. The molecule has 2 aromatic rings. The van der Waals surface area contributed by atoms with Crippen molar-refractivity contribution in [1.82, 2.24) is 0 Å². The quantitative estimate of drug-likeness (QED) is 0.661. The number of halogens is 5. The van der Waals surface area contributed by atoms with Crippen LogP contribution < -0.4 is 5.32 Å². The molecule has 0 bridgehead atoms. The first-order chi connectivity index (χ1) is 9.77. The van der Waals surface area contributed by atoms with Crippen LogP contribution in [0, 0.1) is 0 Å². The Morgan fingerprint density at radius 2 is 1.71 bits per heavy atom. The van der Waals surface area contributed by atoms with Gasteiger partial charge in [0.25, 0.3) is 0 Å². The molecule has 1 atom stereocenters. The molecule has 0 spiro atoms. The number of hydrogen-bond donors (Lipinski definition) is 1. The van der Waals surface area contributed by atoms with Crippen LogP contribution in [0.1, 0.15) is 24.1 Å². The van der Waals surface area contributed by atoms with Gasteiger partial charge in [0.2, 0.25) is 0 Å². The average molecular weight is 379 g/mol. The molecule has 0 aliphatic heterocycles. The number of hydrogen-bond acceptors (Lipinski definition) is 1. The lowest BCUT2D eigenvalue weighted by Crippen LogP contribution is -2.08. The Morgan fingerprint density at radius 3 is 2.24 bits per heavy atom. The van der Waals surface area contributed by atoms with Crippen molar-refractivity contribution < 1.29 is 13.2 Å². The van der Waals surface area contributed by atoms with E-state index >= 15 is 0 Å². The number of anilines is 1. The number of alkyl halides is 3. The molecule has 0 aromatic heterocycles. The van der Waals surface area contributed by atoms with E-state index < -0.39 is 11.7 Å². The molecule has 0 heterocycles. The Labute approximate surface area is 134 Å². The predicted octanol–water partition coefficient (Wildman–Crippen LogP) is 6.29. The second-order valence-electron chi connectivity index (χ2n) is 4.61. The van der Waals surface area contributed by atoms with E-state index in [0.29, 0.717) is 5.02 Å². The molecule has 0 aliphatic rings. The highest BCUT2D eigenvalue weighted by Crippen LogP contribution is 2.31. The summed E-state index contributed by atoms with van der Waals surface area (Å²) < 4.78 is 38.3. The predicted molar refractivity (Wildman–Crippen MR) is 82.6 cm³/mol. The molecule has 1 unspecified atom stereocenters. The van der Waals surface area contributed by atoms with Crippen molar-refractivity contribution in [3.8, 4) is 0 Å². The van der Waals surface area contributed by atoms with E-state index in [1.807, 2.05) is 19.1 Å². The molecule has 0 amide bonds. The maximum atomic E-state index is 12.5. The fourth-order valence-electron chi connectivity index (χ4n) is 1.88. The van der Waals surface area contributed by atoms with Gasteiger partial charge in [0.15, 0.2) is 0 Å². The minimum atomic E-state index is -4.31. The zero-order chi connectivity index (χ0) is 15.6. The van der Waals surface area contributed by atoms with E-state index in [-0.39, 0.29) is 6.04 Å². The largest absolute Gasteiger partial charge is 0.416 e. The van der Waals surface area contributed by atoms with Crippen molar-refractivity contribution >= 4 is 33.2 Å². The van der Waals surface area contributed by atoms with E-state index in [9.17, 15) is 13.2 Å². The van der Waals surface area contributed by atoms with E-state index in [4.69, 9.17) is 11.6 Å². The standard InChI is InChI=1S/C15H12BrClF3N/c1-9(21-12-6-7-13(16)14(17)8-12)10-2-4-11(5-3-10)15(18,19)20/h2-9,21H,1H3. The van der Waals surface area contributed by atoms with Crippen LogP contribution in [0.15, 0.2) is 46.9 Å². The van der Waals surface area contributed by atoms with Gasteiger partial charge in [-0.25, -0.2) is 0 Å². The van der Waals surface area contributed by atoms with Crippen LogP contribution in [-0.2, 0) is 6.18 Å². The highest BCUT2D eigenvalue weighted by Gasteiger charge is 2.30. The first-order valence-corrected chi connectivity index (χ1v) is 7.33. The van der Waals surface area contributed by atoms with Crippen molar-refractivity contribution in [3.63, 3.8) is 0 Å². The molecule has 0 radical (unpaired) electrons. The third-order valence-electron chi connectivity index (χ3n) is 3.04. The van der Waals surface area contributed by atoms with Crippen LogP contribution in [0.25, 0.3) is 0 Å². The lowest BCUT2D eigenvalue weighted by Gasteiger charge is -2.17. The molecule has 0 aliphatic carbocycles. The molecule has 2 aromatic carbocycles. The summed E-state index contributed by atoms with van der Waals surface area (Å²) in [5.74, 6) is 0. The third kappa shape index (κ3) is 4.14. The summed E-state index contributed by atoms with van der Waals surface area (Å²) in [7, 11) is 0. The normalized spacial score (nSPS) is 13.0. The lowest BCUT2D eigenvalue weighted by atomic mass is 10.1. The van der Waals surface area contributed by atoms with E-state index in [1.165, 1.54) is 12.1 Å². The summed E-state index contributed by atoms with van der Waals surface area (Å²) in [6.45, 7) is 1.87. The Bertz CT molecular complexity index is 626. The van der Waals surface area contributed by atoms with Gasteiger partial charge in [0, 0.05) is 16.2 Å². The molecule has 112 valence electrons. The molecule has 21 heavy (non-hydrogen) atoms. The fourth-order valence-corrected chi connectivity index (χ4v) is 2.31. The minimum absolute atomic E-state index is 0.135. The smallest absolute Gasteiger partial charge is 0.378 e. The highest BCUT2D eigenvalue weighted by molar-refractivity contribution is 9.10. The maximum absolute atomic E-state index is 12.5. The summed E-state index contributed by atoms with van der Waals surface area (Å²) in [5.41, 5.74) is 0.919. The van der Waals surface area contributed by atoms with Crippen molar-refractivity contribution in [1.29, 1.82) is 0 Å². The van der Waals surface area contributed by atoms with E-state index in [0.717, 1.165) is 27.9 Å². The van der Waals surface area contributed by atoms with Crippen LogP contribution in [0.3, 0.4) is 0 Å². The van der Waals surface area contributed by atoms with Gasteiger partial charge in [-0.3, -0.25) is 0 Å². The number of rotatable bonds is 3. The van der Waals surface area contributed by atoms with E-state index in [1.54, 1.807) is 6.07 Å². The lowest BCUT2D eigenvalue weighted by molar-refractivity contribution is -0.137. The summed E-state index contributed by atoms with van der Waals surface area (Å²) in [4.78, 5) is 0. The van der Waals surface area contributed by atoms with Gasteiger partial charge in [-0.2, -0.15) is 13.2 Å². The second-order valence-corrected chi connectivity index (χ2v) is 5.88. The van der Waals surface area contributed by atoms with Gasteiger partial charge in [-0.05, 0) is 58.7 Å². The van der Waals surface area contributed by atoms with Crippen molar-refractivity contribution in [2.24, 2.45) is 0 Å². The van der Waals surface area contributed by atoms with Crippen LogP contribution in [0.2, 0.25) is 5.02 Å². The molecule has 0 fully saturated rings. The molecule has 1 N–H and O–H groups in total. The van der Waals surface area contributed by atoms with Crippen molar-refractivity contribution in [2.45, 2.75) is 19.1 Å². The van der Waals surface area contributed by atoms with Crippen molar-refractivity contribution in [2.75, 3.05) is 5.32 Å². The molecular weight excluding hydrogens is 367 g/mol. The van der Waals surface area contributed by atoms with Crippen LogP contribution in [-0.4, -0.2) is 0 Å². The van der Waals surface area contributed by atoms with E-state index in [2.05, 4.69) is 21.2 Å². The molecule has 0 saturated heterocycles. The first kappa shape index (κ1) is 16.2. The SMILES string of the molecule is CC(Nc1ccc(Br)c(Cl)c1)c1ccc(C(F)(F)F)cc1. The van der Waals surface area contributed by atoms with Gasteiger partial charge < -0.3 is 5.32 Å². The second kappa shape index (κ2) is 6.28. The van der Waals surface area contributed by atoms with Gasteiger partial charge in [0.1, 0.15) is 0 Å². The average Bonchev–Trinajstić information content (AvgIpc) is 2.42. The molecular formula is C15H12BrClF3N. The number of benzene rings is 2. The van der Waals surface area contributed by atoms with Crippen LogP contribution >= 0.6 is 27.5 Å². The maximum Gasteiger partial charge on any atom is 0.416 e. The Hall–Kier alpha value is -1.20. The Kier molecular flexibility index (Phi) is 4.84. The molecule has 1 nitrogen and oxygen atoms in total. The van der Waals surface area contributed by atoms with Gasteiger partial charge in [0.05, 0.1) is 10.6 Å². The topological polar surface area (TPSA) is 12.0 Å². The molecule has 0 saturated carbocycles. The minimum Gasteiger partial charge on any atom is -0.378 e. The van der Waals surface area contributed by atoms with Gasteiger partial charge in [-0.15, -0.1) is 0 Å². The van der Waals surface area contributed by atoms with Crippen LogP contribution in [0.4, 0.5) is 18.9 Å². The Morgan fingerprint density at radius 1 is 1.10 bits per heavy atom. The summed E-state index contributed by atoms with van der Waals surface area (Å²) >= 11 is 9.30. The van der Waals surface area contributed by atoms with Crippen molar-refractivity contribution in [3.05, 3.63) is 63.1 Å². The van der Waals surface area contributed by atoms with Gasteiger partial charge in [-0.1, -0.05) is 23.7 Å². The Balaban J connectivity index is 2.13. The monoisotopic (exact) mass is 377 g/mol. The highest BCUT2D eigenvalue weighted by atomic mass is 79.9. The zero-order valence-corrected chi connectivity index (χ0v) is 13.4. The summed E-state index contributed by atoms with van der Waals surface area (Å²) in [5, 5.41) is 3.77. The summed E-state index contributed by atoms with van der Waals surface area (Å²) in [6, 6.07) is 10.4. The third-order valence-corrected chi connectivity index (χ3v) is 4.27. The summed E-state index contributed by atoms with van der Waals surface area (Å²) in [6.07, 6.45) is -4.31. The molecule has 2 rings (SSSR count). The van der Waals surface area contributed by atoms with Gasteiger partial charge >= 0.3 is 6.18 Å². The van der Waals surface area contributed by atoms with Crippen LogP contribution in [0.5, 0.6) is 0 Å². The first-order valence-electron chi connectivity index (χ1n) is 6.16. The number of nitrogens with one attached hydrogen (secondary N) is 1. The molecule has 6 heteroatoms. The zero-order valence-electron chi connectivity index (χ0n) is 11.0.